The molecule has 1 aliphatic rings. The van der Waals surface area contributed by atoms with Crippen LogP contribution >= 0.6 is 11.8 Å². The van der Waals surface area contributed by atoms with Crippen LogP contribution in [0, 0.1) is 0 Å². The first-order chi connectivity index (χ1) is 20.0. The second-order valence-electron chi connectivity index (χ2n) is 10.0. The number of amides is 1. The number of carbonyl (C=O) groups is 2. The van der Waals surface area contributed by atoms with E-state index in [-0.39, 0.29) is 31.1 Å². The van der Waals surface area contributed by atoms with E-state index in [0.717, 1.165) is 41.5 Å². The van der Waals surface area contributed by atoms with Crippen LogP contribution in [0.3, 0.4) is 0 Å². The summed E-state index contributed by atoms with van der Waals surface area (Å²) in [6, 6.07) is 17.5. The number of rotatable bonds is 15. The number of aliphatic hydroxyl groups excluding tert-OH is 1. The minimum Gasteiger partial charge on any atom is -0.481 e. The van der Waals surface area contributed by atoms with E-state index in [9.17, 15) is 14.7 Å². The molecule has 3 N–H and O–H groups in total. The molecule has 0 aliphatic carbocycles. The van der Waals surface area contributed by atoms with Gasteiger partial charge in [-0.15, -0.1) is 0 Å². The van der Waals surface area contributed by atoms with E-state index in [2.05, 4.69) is 15.3 Å². The number of aliphatic carboxylic acids is 1. The van der Waals surface area contributed by atoms with Crippen LogP contribution < -0.4 is 5.32 Å². The molecule has 3 aromatic rings. The number of aromatic nitrogens is 2. The number of ether oxygens (including phenoxy) is 2. The summed E-state index contributed by atoms with van der Waals surface area (Å²) in [7, 11) is 0. The molecule has 218 valence electrons. The zero-order valence-electron chi connectivity index (χ0n) is 23.0. The lowest BCUT2D eigenvalue weighted by Crippen LogP contribution is -2.31. The van der Waals surface area contributed by atoms with Gasteiger partial charge in [0.25, 0.3) is 0 Å². The average molecular weight is 580 g/mol. The van der Waals surface area contributed by atoms with Crippen molar-refractivity contribution in [1.29, 1.82) is 0 Å². The van der Waals surface area contributed by atoms with E-state index in [1.165, 1.54) is 0 Å². The highest BCUT2D eigenvalue weighted by atomic mass is 32.2. The van der Waals surface area contributed by atoms with Gasteiger partial charge in [-0.3, -0.25) is 9.59 Å². The van der Waals surface area contributed by atoms with Crippen molar-refractivity contribution < 1.29 is 29.3 Å². The van der Waals surface area contributed by atoms with Crippen molar-refractivity contribution in [2.75, 3.05) is 5.75 Å². The summed E-state index contributed by atoms with van der Waals surface area (Å²) in [5, 5.41) is 21.8. The second kappa shape index (κ2) is 16.2. The van der Waals surface area contributed by atoms with Crippen LogP contribution in [-0.4, -0.2) is 43.9 Å². The number of aliphatic hydroxyl groups is 1. The molecule has 0 spiro atoms. The molecule has 1 aliphatic heterocycles. The number of carbonyl (C=O) groups excluding carboxylic acids is 1. The second-order valence-corrected chi connectivity index (χ2v) is 11.0. The Balaban J connectivity index is 1.32. The van der Waals surface area contributed by atoms with Crippen LogP contribution in [0.2, 0.25) is 0 Å². The van der Waals surface area contributed by atoms with Gasteiger partial charge in [0.15, 0.2) is 11.4 Å². The summed E-state index contributed by atoms with van der Waals surface area (Å²) in [6.45, 7) is 0.427. The van der Waals surface area contributed by atoms with E-state index in [4.69, 9.17) is 14.6 Å². The first kappa shape index (κ1) is 30.6. The molecule has 41 heavy (non-hydrogen) atoms. The van der Waals surface area contributed by atoms with Crippen LogP contribution in [0.1, 0.15) is 79.6 Å². The molecule has 3 atom stereocenters. The average Bonchev–Trinajstić information content (AvgIpc) is 3.01. The van der Waals surface area contributed by atoms with Gasteiger partial charge in [-0.2, -0.15) is 0 Å². The van der Waals surface area contributed by atoms with Gasteiger partial charge < -0.3 is 25.0 Å². The van der Waals surface area contributed by atoms with E-state index in [0.29, 0.717) is 36.7 Å². The van der Waals surface area contributed by atoms with Crippen LogP contribution in [0.5, 0.6) is 0 Å². The lowest BCUT2D eigenvalue weighted by atomic mass is 10.0. The first-order valence-corrected chi connectivity index (χ1v) is 15.0. The minimum absolute atomic E-state index is 0.00468. The summed E-state index contributed by atoms with van der Waals surface area (Å²) in [5.41, 5.74) is 3.75. The highest BCUT2D eigenvalue weighted by molar-refractivity contribution is 7.99. The number of unbranched alkanes of at least 4 members (excludes halogenated alkanes) is 3. The summed E-state index contributed by atoms with van der Waals surface area (Å²) in [6.07, 6.45) is 6.99. The Morgan fingerprint density at radius 3 is 2.22 bits per heavy atom. The predicted octanol–water partition coefficient (Wildman–Crippen LogP) is 5.35. The summed E-state index contributed by atoms with van der Waals surface area (Å²) in [5.74, 6) is -0.108. The zero-order valence-corrected chi connectivity index (χ0v) is 23.8. The number of hydrogen-bond acceptors (Lipinski definition) is 8. The molecule has 1 aromatic heterocycles. The SMILES string of the molecule is O=C(O)CCCCCCC(=O)NCc1ccc([C@H]2O[C@@H](CSc3ncccn3)C[C@@H](c3ccc(CO)cc3)O2)cc1. The fourth-order valence-corrected chi connectivity index (χ4v) is 5.37. The third-order valence-corrected chi connectivity index (χ3v) is 7.85. The third-order valence-electron chi connectivity index (χ3n) is 6.84. The Morgan fingerprint density at radius 2 is 1.54 bits per heavy atom. The van der Waals surface area contributed by atoms with E-state index >= 15 is 0 Å². The number of thioether (sulfide) groups is 1. The largest absolute Gasteiger partial charge is 0.481 e. The van der Waals surface area contributed by atoms with Gasteiger partial charge in [0.2, 0.25) is 5.91 Å². The number of nitrogens with zero attached hydrogens (tertiary/aromatic N) is 2. The van der Waals surface area contributed by atoms with Gasteiger partial charge in [-0.25, -0.2) is 9.97 Å². The van der Waals surface area contributed by atoms with E-state index in [1.54, 1.807) is 30.2 Å². The molecule has 0 unspecified atom stereocenters. The maximum Gasteiger partial charge on any atom is 0.303 e. The maximum absolute atomic E-state index is 12.2. The fraction of sp³-hybridized carbons (Fsp3) is 0.419. The molecule has 0 bridgehead atoms. The van der Waals surface area contributed by atoms with Crippen LogP contribution in [0.25, 0.3) is 0 Å². The Morgan fingerprint density at radius 1 is 0.878 bits per heavy atom. The Kier molecular flexibility index (Phi) is 12.1. The number of benzene rings is 2. The molecule has 10 heteroatoms. The predicted molar refractivity (Wildman–Crippen MR) is 155 cm³/mol. The highest BCUT2D eigenvalue weighted by Crippen LogP contribution is 2.39. The molecule has 2 aromatic carbocycles. The van der Waals surface area contributed by atoms with Crippen molar-refractivity contribution in [2.45, 2.75) is 81.8 Å². The fourth-order valence-electron chi connectivity index (χ4n) is 4.55. The monoisotopic (exact) mass is 579 g/mol. The summed E-state index contributed by atoms with van der Waals surface area (Å²) < 4.78 is 12.8. The Bertz CT molecular complexity index is 1230. The van der Waals surface area contributed by atoms with Crippen molar-refractivity contribution in [3.63, 3.8) is 0 Å². The molecule has 0 saturated carbocycles. The lowest BCUT2D eigenvalue weighted by molar-refractivity contribution is -0.245. The standard InChI is InChI=1S/C31H37N3O6S/c35-20-23-10-12-24(13-11-23)27-18-26(21-41-31-32-16-5-17-33-31)39-30(40-27)25-14-8-22(9-15-25)19-34-28(36)6-3-1-2-4-7-29(37)38/h5,8-17,26-27,30,35H,1-4,6-7,18-21H2,(H,34,36)(H,37,38)/t26-,27+,30+/m1/s1. The minimum atomic E-state index is -0.777. The van der Waals surface area contributed by atoms with Crippen LogP contribution in [0.4, 0.5) is 0 Å². The quantitative estimate of drug-likeness (QED) is 0.124. The van der Waals surface area contributed by atoms with E-state index < -0.39 is 12.3 Å². The Hall–Kier alpha value is -3.31. The smallest absolute Gasteiger partial charge is 0.303 e. The number of carboxylic acid groups (broad SMARTS) is 1. The molecule has 1 saturated heterocycles. The lowest BCUT2D eigenvalue weighted by Gasteiger charge is -2.36. The first-order valence-electron chi connectivity index (χ1n) is 14.0. The van der Waals surface area contributed by atoms with Gasteiger partial charge in [0, 0.05) is 49.5 Å². The van der Waals surface area contributed by atoms with Crippen LogP contribution in [0.15, 0.2) is 72.1 Å². The van der Waals surface area contributed by atoms with Crippen molar-refractivity contribution >= 4 is 23.6 Å². The van der Waals surface area contributed by atoms with Gasteiger partial charge in [-0.1, -0.05) is 73.1 Å². The van der Waals surface area contributed by atoms with Gasteiger partial charge in [-0.05, 0) is 35.6 Å². The molecule has 9 nitrogen and oxygen atoms in total. The number of carboxylic acids is 1. The van der Waals surface area contributed by atoms with Crippen molar-refractivity contribution in [3.05, 3.63) is 89.2 Å². The van der Waals surface area contributed by atoms with Gasteiger partial charge in [0.05, 0.1) is 18.8 Å². The molecule has 0 radical (unpaired) electrons. The number of hydrogen-bond donors (Lipinski definition) is 3. The summed E-state index contributed by atoms with van der Waals surface area (Å²) in [4.78, 5) is 31.4. The molecule has 1 fully saturated rings. The topological polar surface area (TPSA) is 131 Å². The van der Waals surface area contributed by atoms with Crippen molar-refractivity contribution in [1.82, 2.24) is 15.3 Å². The van der Waals surface area contributed by atoms with Crippen molar-refractivity contribution in [2.24, 2.45) is 0 Å². The van der Waals surface area contributed by atoms with Crippen LogP contribution in [-0.2, 0) is 32.2 Å². The molecule has 4 rings (SSSR count). The molecular formula is C31H37N3O6S. The zero-order chi connectivity index (χ0) is 28.9. The van der Waals surface area contributed by atoms with Crippen molar-refractivity contribution in [3.8, 4) is 0 Å². The normalized spacial score (nSPS) is 18.6. The summed E-state index contributed by atoms with van der Waals surface area (Å²) >= 11 is 1.55. The maximum atomic E-state index is 12.2. The highest BCUT2D eigenvalue weighted by Gasteiger charge is 2.32. The molecule has 2 heterocycles. The van der Waals surface area contributed by atoms with Gasteiger partial charge >= 0.3 is 5.97 Å². The molecule has 1 amide bonds. The van der Waals surface area contributed by atoms with E-state index in [1.807, 2.05) is 48.5 Å². The Labute approximate surface area is 244 Å². The third kappa shape index (κ3) is 10.2. The molecular weight excluding hydrogens is 542 g/mol. The number of nitrogens with one attached hydrogen (secondary N) is 1. The van der Waals surface area contributed by atoms with Gasteiger partial charge in [0.1, 0.15) is 0 Å².